The Morgan fingerprint density at radius 3 is 2.31 bits per heavy atom. The van der Waals surface area contributed by atoms with Gasteiger partial charge in [0, 0.05) is 5.69 Å². The SMILES string of the molecule is CC(Nc1ccccc1)S(N)(=O)=O. The minimum absolute atomic E-state index is 0.740. The van der Waals surface area contributed by atoms with E-state index in [-0.39, 0.29) is 0 Å². The first-order chi connectivity index (χ1) is 6.00. The van der Waals surface area contributed by atoms with Gasteiger partial charge in [0.25, 0.3) is 0 Å². The summed E-state index contributed by atoms with van der Waals surface area (Å²) in [7, 11) is -3.51. The number of hydrogen-bond acceptors (Lipinski definition) is 3. The van der Waals surface area contributed by atoms with Gasteiger partial charge >= 0.3 is 0 Å². The van der Waals surface area contributed by atoms with Gasteiger partial charge in [-0.05, 0) is 19.1 Å². The monoisotopic (exact) mass is 200 g/mol. The molecular formula is C8H12N2O2S. The largest absolute Gasteiger partial charge is 0.368 e. The third-order valence-electron chi connectivity index (χ3n) is 1.64. The van der Waals surface area contributed by atoms with Crippen LogP contribution in [0.3, 0.4) is 0 Å². The Morgan fingerprint density at radius 1 is 1.31 bits per heavy atom. The summed E-state index contributed by atoms with van der Waals surface area (Å²) in [5, 5.41) is 6.94. The van der Waals surface area contributed by atoms with Crippen LogP contribution in [-0.2, 0) is 10.0 Å². The third kappa shape index (κ3) is 3.04. The Kier molecular flexibility index (Phi) is 2.90. The maximum Gasteiger partial charge on any atom is 0.229 e. The highest BCUT2D eigenvalue weighted by molar-refractivity contribution is 7.89. The van der Waals surface area contributed by atoms with Gasteiger partial charge in [-0.15, -0.1) is 0 Å². The van der Waals surface area contributed by atoms with Gasteiger partial charge in [0.05, 0.1) is 0 Å². The third-order valence-corrected chi connectivity index (χ3v) is 2.74. The summed E-state index contributed by atoms with van der Waals surface area (Å²) in [5.41, 5.74) is 0.740. The second-order valence-corrected chi connectivity index (χ2v) is 4.63. The van der Waals surface area contributed by atoms with E-state index in [2.05, 4.69) is 5.32 Å². The number of sulfonamides is 1. The Balaban J connectivity index is 2.72. The Morgan fingerprint density at radius 2 is 1.85 bits per heavy atom. The van der Waals surface area contributed by atoms with Crippen LogP contribution in [0, 0.1) is 0 Å². The van der Waals surface area contributed by atoms with E-state index in [1.54, 1.807) is 12.1 Å². The van der Waals surface area contributed by atoms with Gasteiger partial charge in [-0.1, -0.05) is 18.2 Å². The smallest absolute Gasteiger partial charge is 0.229 e. The molecular weight excluding hydrogens is 188 g/mol. The molecule has 1 unspecified atom stereocenters. The predicted octanol–water partition coefficient (Wildman–Crippen LogP) is 0.733. The average molecular weight is 200 g/mol. The van der Waals surface area contributed by atoms with Gasteiger partial charge < -0.3 is 5.32 Å². The fourth-order valence-corrected chi connectivity index (χ4v) is 1.15. The molecule has 5 heteroatoms. The molecule has 0 heterocycles. The van der Waals surface area contributed by atoms with E-state index in [0.717, 1.165) is 5.69 Å². The number of nitrogens with two attached hydrogens (primary N) is 1. The molecule has 1 atom stereocenters. The first-order valence-corrected chi connectivity index (χ1v) is 5.44. The molecule has 1 aromatic carbocycles. The van der Waals surface area contributed by atoms with Crippen LogP contribution in [0.2, 0.25) is 0 Å². The van der Waals surface area contributed by atoms with Crippen molar-refractivity contribution in [3.63, 3.8) is 0 Å². The van der Waals surface area contributed by atoms with Crippen LogP contribution in [0.25, 0.3) is 0 Å². The molecule has 3 N–H and O–H groups in total. The van der Waals surface area contributed by atoms with Crippen LogP contribution in [0.5, 0.6) is 0 Å². The van der Waals surface area contributed by atoms with E-state index in [4.69, 9.17) is 5.14 Å². The molecule has 0 amide bonds. The molecule has 0 radical (unpaired) electrons. The molecule has 0 saturated carbocycles. The summed E-state index contributed by atoms with van der Waals surface area (Å²) in [4.78, 5) is 0. The summed E-state index contributed by atoms with van der Waals surface area (Å²) in [6.07, 6.45) is 0. The van der Waals surface area contributed by atoms with Crippen molar-refractivity contribution in [2.75, 3.05) is 5.32 Å². The average Bonchev–Trinajstić information content (AvgIpc) is 2.04. The van der Waals surface area contributed by atoms with Crippen LogP contribution < -0.4 is 10.5 Å². The standard InChI is InChI=1S/C8H12N2O2S/c1-7(13(9,11)12)10-8-5-3-2-4-6-8/h2-7,10H,1H3,(H2,9,11,12). The quantitative estimate of drug-likeness (QED) is 0.755. The van der Waals surface area contributed by atoms with Crippen molar-refractivity contribution in [1.29, 1.82) is 0 Å². The van der Waals surface area contributed by atoms with Crippen LogP contribution >= 0.6 is 0 Å². The lowest BCUT2D eigenvalue weighted by Crippen LogP contribution is -2.32. The number of hydrogen-bond donors (Lipinski definition) is 2. The molecule has 4 nitrogen and oxygen atoms in total. The lowest BCUT2D eigenvalue weighted by Gasteiger charge is -2.12. The highest BCUT2D eigenvalue weighted by Crippen LogP contribution is 2.08. The summed E-state index contributed by atoms with van der Waals surface area (Å²) in [5.74, 6) is 0. The van der Waals surface area contributed by atoms with Gasteiger partial charge in [-0.2, -0.15) is 0 Å². The van der Waals surface area contributed by atoms with Crippen LogP contribution in [0.15, 0.2) is 30.3 Å². The van der Waals surface area contributed by atoms with Crippen molar-refractivity contribution in [3.8, 4) is 0 Å². The van der Waals surface area contributed by atoms with Gasteiger partial charge in [-0.25, -0.2) is 13.6 Å². The number of nitrogens with one attached hydrogen (secondary N) is 1. The van der Waals surface area contributed by atoms with Crippen molar-refractivity contribution in [1.82, 2.24) is 0 Å². The minimum Gasteiger partial charge on any atom is -0.368 e. The number of primary sulfonamides is 1. The molecule has 0 bridgehead atoms. The highest BCUT2D eigenvalue weighted by atomic mass is 32.2. The summed E-state index contributed by atoms with van der Waals surface area (Å²) < 4.78 is 21.7. The molecule has 0 aliphatic heterocycles. The fourth-order valence-electron chi connectivity index (χ4n) is 0.851. The number of benzene rings is 1. The minimum atomic E-state index is -3.51. The van der Waals surface area contributed by atoms with E-state index in [9.17, 15) is 8.42 Å². The van der Waals surface area contributed by atoms with E-state index < -0.39 is 15.4 Å². The molecule has 0 fully saturated rings. The molecule has 0 spiro atoms. The summed E-state index contributed by atoms with van der Waals surface area (Å²) >= 11 is 0. The summed E-state index contributed by atoms with van der Waals surface area (Å²) in [6.45, 7) is 1.50. The maximum absolute atomic E-state index is 10.9. The van der Waals surface area contributed by atoms with E-state index >= 15 is 0 Å². The fraction of sp³-hybridized carbons (Fsp3) is 0.250. The first kappa shape index (κ1) is 10.0. The predicted molar refractivity (Wildman–Crippen MR) is 52.6 cm³/mol. The van der Waals surface area contributed by atoms with Crippen molar-refractivity contribution >= 4 is 15.7 Å². The van der Waals surface area contributed by atoms with Crippen LogP contribution in [0.4, 0.5) is 5.69 Å². The number of anilines is 1. The molecule has 1 rings (SSSR count). The number of rotatable bonds is 3. The van der Waals surface area contributed by atoms with E-state index in [1.807, 2.05) is 18.2 Å². The highest BCUT2D eigenvalue weighted by Gasteiger charge is 2.13. The van der Waals surface area contributed by atoms with Gasteiger partial charge in [-0.3, -0.25) is 0 Å². The van der Waals surface area contributed by atoms with Gasteiger partial charge in [0.2, 0.25) is 10.0 Å². The Bertz CT molecular complexity index is 361. The second-order valence-electron chi connectivity index (χ2n) is 2.74. The zero-order valence-corrected chi connectivity index (χ0v) is 8.08. The number of para-hydroxylation sites is 1. The lowest BCUT2D eigenvalue weighted by molar-refractivity contribution is 0.590. The zero-order valence-electron chi connectivity index (χ0n) is 7.27. The molecule has 72 valence electrons. The molecule has 1 aromatic rings. The Hall–Kier alpha value is -1.07. The zero-order chi connectivity index (χ0) is 9.90. The lowest BCUT2D eigenvalue weighted by atomic mass is 10.3. The molecule has 0 aliphatic rings. The van der Waals surface area contributed by atoms with Gasteiger partial charge in [0.1, 0.15) is 5.37 Å². The summed E-state index contributed by atoms with van der Waals surface area (Å²) in [6, 6.07) is 9.05. The van der Waals surface area contributed by atoms with E-state index in [0.29, 0.717) is 0 Å². The van der Waals surface area contributed by atoms with Crippen molar-refractivity contribution in [2.45, 2.75) is 12.3 Å². The van der Waals surface area contributed by atoms with Crippen LogP contribution in [-0.4, -0.2) is 13.8 Å². The van der Waals surface area contributed by atoms with Crippen molar-refractivity contribution < 1.29 is 8.42 Å². The molecule has 0 aromatic heterocycles. The van der Waals surface area contributed by atoms with Crippen molar-refractivity contribution in [3.05, 3.63) is 30.3 Å². The van der Waals surface area contributed by atoms with Gasteiger partial charge in [0.15, 0.2) is 0 Å². The van der Waals surface area contributed by atoms with Crippen molar-refractivity contribution in [2.24, 2.45) is 5.14 Å². The molecule has 13 heavy (non-hydrogen) atoms. The molecule has 0 saturated heterocycles. The van der Waals surface area contributed by atoms with E-state index in [1.165, 1.54) is 6.92 Å². The topological polar surface area (TPSA) is 72.2 Å². The first-order valence-electron chi connectivity index (χ1n) is 3.83. The second kappa shape index (κ2) is 3.76. The maximum atomic E-state index is 10.9. The Labute approximate surface area is 77.8 Å². The molecule has 0 aliphatic carbocycles. The van der Waals surface area contributed by atoms with Crippen LogP contribution in [0.1, 0.15) is 6.92 Å². The normalized spacial score (nSPS) is 13.7.